The molecule has 10 heteroatoms. The van der Waals surface area contributed by atoms with Crippen LogP contribution in [0, 0.1) is 0 Å². The van der Waals surface area contributed by atoms with E-state index in [2.05, 4.69) is 25.4 Å². The second-order valence-corrected chi connectivity index (χ2v) is 9.69. The van der Waals surface area contributed by atoms with E-state index in [4.69, 9.17) is 4.74 Å². The smallest absolute Gasteiger partial charge is 0.289 e. The van der Waals surface area contributed by atoms with E-state index in [9.17, 15) is 15.0 Å². The van der Waals surface area contributed by atoms with Gasteiger partial charge < -0.3 is 25.2 Å². The third-order valence-corrected chi connectivity index (χ3v) is 6.89. The molecule has 0 atom stereocenters. The molecule has 3 heterocycles. The highest BCUT2D eigenvalue weighted by Gasteiger charge is 2.27. The molecule has 1 aromatic carbocycles. The van der Waals surface area contributed by atoms with Gasteiger partial charge >= 0.3 is 0 Å². The zero-order chi connectivity index (χ0) is 25.2. The number of anilines is 1. The van der Waals surface area contributed by atoms with Crippen LogP contribution in [0.4, 0.5) is 5.82 Å². The Morgan fingerprint density at radius 3 is 2.50 bits per heavy atom. The van der Waals surface area contributed by atoms with Crippen molar-refractivity contribution in [3.63, 3.8) is 0 Å². The first-order chi connectivity index (χ1) is 17.4. The summed E-state index contributed by atoms with van der Waals surface area (Å²) < 4.78 is 7.06. The summed E-state index contributed by atoms with van der Waals surface area (Å²) in [7, 11) is 0. The molecule has 190 valence electrons. The van der Waals surface area contributed by atoms with Crippen LogP contribution in [-0.2, 0) is 4.74 Å². The van der Waals surface area contributed by atoms with E-state index in [1.54, 1.807) is 16.8 Å². The average Bonchev–Trinajstić information content (AvgIpc) is 3.55. The van der Waals surface area contributed by atoms with Crippen LogP contribution < -0.4 is 10.2 Å². The van der Waals surface area contributed by atoms with Gasteiger partial charge in [-0.05, 0) is 42.5 Å². The summed E-state index contributed by atoms with van der Waals surface area (Å²) in [5.41, 5.74) is 1.64. The van der Waals surface area contributed by atoms with E-state index < -0.39 is 0 Å². The maximum absolute atomic E-state index is 13.3. The van der Waals surface area contributed by atoms with E-state index in [0.717, 1.165) is 44.6 Å². The van der Waals surface area contributed by atoms with Gasteiger partial charge in [0.25, 0.3) is 5.91 Å². The lowest BCUT2D eigenvalue weighted by Gasteiger charge is -2.27. The summed E-state index contributed by atoms with van der Waals surface area (Å²) >= 11 is 0. The van der Waals surface area contributed by atoms with Gasteiger partial charge in [0.2, 0.25) is 5.82 Å². The summed E-state index contributed by atoms with van der Waals surface area (Å²) in [6, 6.07) is 6.89. The molecule has 1 saturated heterocycles. The first-order valence-corrected chi connectivity index (χ1v) is 12.5. The Morgan fingerprint density at radius 2 is 1.83 bits per heavy atom. The quantitative estimate of drug-likeness (QED) is 0.478. The van der Waals surface area contributed by atoms with Crippen molar-refractivity contribution in [2.24, 2.45) is 0 Å². The van der Waals surface area contributed by atoms with Crippen molar-refractivity contribution in [1.29, 1.82) is 0 Å². The number of aromatic hydroxyl groups is 2. The number of benzene rings is 1. The second kappa shape index (κ2) is 10.1. The van der Waals surface area contributed by atoms with Crippen molar-refractivity contribution < 1.29 is 19.7 Å². The molecule has 1 saturated carbocycles. The Kier molecular flexibility index (Phi) is 6.77. The molecule has 3 N–H and O–H groups in total. The fraction of sp³-hybridized carbons (Fsp3) is 0.462. The number of ether oxygens (including phenoxy) is 1. The molecule has 2 fully saturated rings. The molecular weight excluding hydrogens is 460 g/mol. The maximum Gasteiger partial charge on any atom is 0.289 e. The van der Waals surface area contributed by atoms with Crippen LogP contribution in [0.2, 0.25) is 0 Å². The molecule has 1 amide bonds. The SMILES string of the molecule is CC(C)c1cc(-c2nnc(C(=O)NC3CCCC3)n2-c2ccc(N3CCOCC3)nc2)c(O)cc1O. The number of nitrogens with one attached hydrogen (secondary N) is 1. The molecule has 36 heavy (non-hydrogen) atoms. The summed E-state index contributed by atoms with van der Waals surface area (Å²) in [5.74, 6) is 0.798. The Morgan fingerprint density at radius 1 is 1.08 bits per heavy atom. The number of phenols is 2. The fourth-order valence-electron chi connectivity index (χ4n) is 4.90. The molecule has 5 rings (SSSR count). The molecule has 2 aromatic heterocycles. The number of phenolic OH excluding ortho intramolecular Hbond substituents is 2. The number of carbonyl (C=O) groups excluding carboxylic acids is 1. The van der Waals surface area contributed by atoms with Gasteiger partial charge in [0, 0.05) is 25.2 Å². The van der Waals surface area contributed by atoms with Gasteiger partial charge in [-0.1, -0.05) is 26.7 Å². The number of morpholine rings is 1. The molecule has 3 aromatic rings. The van der Waals surface area contributed by atoms with E-state index in [1.807, 2.05) is 26.0 Å². The van der Waals surface area contributed by atoms with Gasteiger partial charge in [0.15, 0.2) is 5.82 Å². The Balaban J connectivity index is 1.58. The van der Waals surface area contributed by atoms with E-state index in [1.165, 1.54) is 6.07 Å². The number of hydrogen-bond donors (Lipinski definition) is 3. The lowest BCUT2D eigenvalue weighted by Crippen LogP contribution is -2.36. The topological polar surface area (TPSA) is 126 Å². The molecule has 1 aliphatic carbocycles. The molecule has 10 nitrogen and oxygen atoms in total. The van der Waals surface area contributed by atoms with Crippen molar-refractivity contribution in [2.75, 3.05) is 31.2 Å². The van der Waals surface area contributed by atoms with Gasteiger partial charge in [-0.25, -0.2) is 4.98 Å². The molecular formula is C26H32N6O4. The number of hydrogen-bond acceptors (Lipinski definition) is 8. The largest absolute Gasteiger partial charge is 0.508 e. The highest BCUT2D eigenvalue weighted by atomic mass is 16.5. The number of pyridine rings is 1. The Hall–Kier alpha value is -3.66. The molecule has 0 radical (unpaired) electrons. The molecule has 0 unspecified atom stereocenters. The number of nitrogens with zero attached hydrogens (tertiary/aromatic N) is 5. The second-order valence-electron chi connectivity index (χ2n) is 9.69. The number of aromatic nitrogens is 4. The van der Waals surface area contributed by atoms with Crippen LogP contribution >= 0.6 is 0 Å². The molecule has 2 aliphatic rings. The predicted molar refractivity (Wildman–Crippen MR) is 135 cm³/mol. The van der Waals surface area contributed by atoms with E-state index in [-0.39, 0.29) is 35.2 Å². The van der Waals surface area contributed by atoms with Crippen LogP contribution in [0.15, 0.2) is 30.5 Å². The minimum absolute atomic E-state index is 0.00745. The van der Waals surface area contributed by atoms with Crippen LogP contribution in [0.3, 0.4) is 0 Å². The van der Waals surface area contributed by atoms with Crippen LogP contribution in [0.5, 0.6) is 11.5 Å². The average molecular weight is 493 g/mol. The lowest BCUT2D eigenvalue weighted by molar-refractivity contribution is 0.0925. The minimum Gasteiger partial charge on any atom is -0.508 e. The van der Waals surface area contributed by atoms with Crippen molar-refractivity contribution in [2.45, 2.75) is 51.5 Å². The van der Waals surface area contributed by atoms with Crippen LogP contribution in [0.25, 0.3) is 17.1 Å². The number of carbonyl (C=O) groups is 1. The van der Waals surface area contributed by atoms with Crippen molar-refractivity contribution in [3.05, 3.63) is 41.9 Å². The van der Waals surface area contributed by atoms with Gasteiger partial charge in [-0.3, -0.25) is 9.36 Å². The third kappa shape index (κ3) is 4.73. The summed E-state index contributed by atoms with van der Waals surface area (Å²) in [4.78, 5) is 20.1. The van der Waals surface area contributed by atoms with E-state index in [0.29, 0.717) is 35.9 Å². The third-order valence-electron chi connectivity index (χ3n) is 6.89. The van der Waals surface area contributed by atoms with E-state index >= 15 is 0 Å². The monoisotopic (exact) mass is 492 g/mol. The maximum atomic E-state index is 13.3. The number of amides is 1. The zero-order valence-electron chi connectivity index (χ0n) is 20.6. The normalized spacial score (nSPS) is 16.6. The standard InChI is InChI=1S/C26H32N6O4/c1-16(2)19-13-20(22(34)14-21(19)33)24-29-30-25(26(35)28-17-5-3-4-6-17)32(24)18-7-8-23(27-15-18)31-9-11-36-12-10-31/h7-8,13-17,33-34H,3-6,9-12H2,1-2H3,(H,28,35). The van der Waals surface area contributed by atoms with Gasteiger partial charge in [0.1, 0.15) is 17.3 Å². The Bertz CT molecular complexity index is 1230. The molecule has 0 spiro atoms. The molecule has 1 aliphatic heterocycles. The first kappa shape index (κ1) is 24.1. The van der Waals surface area contributed by atoms with Gasteiger partial charge in [0.05, 0.1) is 30.7 Å². The first-order valence-electron chi connectivity index (χ1n) is 12.5. The van der Waals surface area contributed by atoms with Crippen LogP contribution in [-0.4, -0.2) is 68.2 Å². The summed E-state index contributed by atoms with van der Waals surface area (Å²) in [6.45, 7) is 6.74. The molecule has 0 bridgehead atoms. The Labute approximate surface area is 209 Å². The summed E-state index contributed by atoms with van der Waals surface area (Å²) in [5, 5.41) is 32.7. The van der Waals surface area contributed by atoms with Crippen LogP contribution in [0.1, 0.15) is 61.6 Å². The van der Waals surface area contributed by atoms with Crippen molar-refractivity contribution in [1.82, 2.24) is 25.1 Å². The number of rotatable bonds is 6. The fourth-order valence-corrected chi connectivity index (χ4v) is 4.90. The highest BCUT2D eigenvalue weighted by Crippen LogP contribution is 2.38. The van der Waals surface area contributed by atoms with Gasteiger partial charge in [-0.15, -0.1) is 10.2 Å². The predicted octanol–water partition coefficient (Wildman–Crippen LogP) is 3.37. The van der Waals surface area contributed by atoms with Crippen molar-refractivity contribution >= 4 is 11.7 Å². The minimum atomic E-state index is -0.319. The summed E-state index contributed by atoms with van der Waals surface area (Å²) in [6.07, 6.45) is 5.76. The lowest BCUT2D eigenvalue weighted by atomic mass is 9.98. The highest BCUT2D eigenvalue weighted by molar-refractivity contribution is 5.92. The zero-order valence-corrected chi connectivity index (χ0v) is 20.6. The van der Waals surface area contributed by atoms with Crippen molar-refractivity contribution in [3.8, 4) is 28.6 Å². The van der Waals surface area contributed by atoms with Gasteiger partial charge in [-0.2, -0.15) is 0 Å².